The van der Waals surface area contributed by atoms with E-state index in [-0.39, 0.29) is 29.9 Å². The molecule has 1 atom stereocenters. The van der Waals surface area contributed by atoms with E-state index in [1.54, 1.807) is 0 Å². The summed E-state index contributed by atoms with van der Waals surface area (Å²) in [4.78, 5) is 27.2. The first-order chi connectivity index (χ1) is 14.0. The molecule has 1 saturated heterocycles. The van der Waals surface area contributed by atoms with Crippen LogP contribution in [0.1, 0.15) is 44.1 Å². The lowest BCUT2D eigenvalue weighted by Crippen LogP contribution is -2.48. The molecule has 4 rings (SSSR count). The van der Waals surface area contributed by atoms with Gasteiger partial charge in [-0.15, -0.1) is 0 Å². The van der Waals surface area contributed by atoms with Crippen molar-refractivity contribution < 1.29 is 9.59 Å². The summed E-state index contributed by atoms with van der Waals surface area (Å²) < 4.78 is 2.08. The van der Waals surface area contributed by atoms with Crippen molar-refractivity contribution in [1.82, 2.24) is 20.1 Å². The Labute approximate surface area is 172 Å². The summed E-state index contributed by atoms with van der Waals surface area (Å²) in [7, 11) is 4.04. The standard InChI is InChI=1S/C23H32N4O2/c1-26-13-5-8-21(26)23(29)25-18-11-9-17(10-12-18)24-22(28)14-16-15-27(2)20-7-4-3-6-19(16)20/h3-4,6-7,15,17-18,21H,5,8-14H2,1-2H3,(H,24,28)(H,25,29). The third-order valence-corrected chi connectivity index (χ3v) is 6.59. The fraction of sp³-hybridized carbons (Fsp3) is 0.565. The van der Waals surface area contributed by atoms with Gasteiger partial charge in [-0.1, -0.05) is 18.2 Å². The molecular formula is C23H32N4O2. The lowest BCUT2D eigenvalue weighted by Gasteiger charge is -2.31. The molecule has 156 valence electrons. The van der Waals surface area contributed by atoms with Crippen LogP contribution in [0.4, 0.5) is 0 Å². The van der Waals surface area contributed by atoms with Crippen LogP contribution in [-0.4, -0.2) is 53.0 Å². The number of rotatable bonds is 5. The van der Waals surface area contributed by atoms with Gasteiger partial charge in [0.1, 0.15) is 0 Å². The third kappa shape index (κ3) is 4.47. The number of nitrogens with one attached hydrogen (secondary N) is 2. The Kier molecular flexibility index (Phi) is 5.90. The van der Waals surface area contributed by atoms with E-state index in [1.807, 2.05) is 26.2 Å². The molecule has 1 aromatic carbocycles. The largest absolute Gasteiger partial charge is 0.353 e. The molecule has 0 spiro atoms. The summed E-state index contributed by atoms with van der Waals surface area (Å²) in [5.74, 6) is 0.259. The Hall–Kier alpha value is -2.34. The molecule has 1 aliphatic heterocycles. The second-order valence-electron chi connectivity index (χ2n) is 8.72. The van der Waals surface area contributed by atoms with Gasteiger partial charge in [0.2, 0.25) is 11.8 Å². The molecule has 6 heteroatoms. The molecule has 2 aliphatic rings. The number of benzene rings is 1. The maximum absolute atomic E-state index is 12.6. The number of carbonyl (C=O) groups is 2. The first-order valence-corrected chi connectivity index (χ1v) is 10.8. The van der Waals surface area contributed by atoms with E-state index in [0.29, 0.717) is 6.42 Å². The van der Waals surface area contributed by atoms with Gasteiger partial charge in [-0.25, -0.2) is 0 Å². The molecule has 6 nitrogen and oxygen atoms in total. The second-order valence-corrected chi connectivity index (χ2v) is 8.72. The number of likely N-dealkylation sites (tertiary alicyclic amines) is 1. The highest BCUT2D eigenvalue weighted by Gasteiger charge is 2.30. The number of nitrogens with zero attached hydrogens (tertiary/aromatic N) is 2. The zero-order valence-corrected chi connectivity index (χ0v) is 17.5. The van der Waals surface area contributed by atoms with Crippen molar-refractivity contribution in [3.8, 4) is 0 Å². The van der Waals surface area contributed by atoms with E-state index in [4.69, 9.17) is 0 Å². The molecule has 29 heavy (non-hydrogen) atoms. The minimum atomic E-state index is 0.0353. The zero-order valence-electron chi connectivity index (χ0n) is 17.5. The van der Waals surface area contributed by atoms with Gasteiger partial charge in [0.25, 0.3) is 0 Å². The quantitative estimate of drug-likeness (QED) is 0.815. The Morgan fingerprint density at radius 3 is 2.38 bits per heavy atom. The first kappa shape index (κ1) is 20.0. The third-order valence-electron chi connectivity index (χ3n) is 6.59. The smallest absolute Gasteiger partial charge is 0.237 e. The second kappa shape index (κ2) is 8.57. The van der Waals surface area contributed by atoms with Gasteiger partial charge >= 0.3 is 0 Å². The molecule has 2 fully saturated rings. The highest BCUT2D eigenvalue weighted by Crippen LogP contribution is 2.23. The summed E-state index contributed by atoms with van der Waals surface area (Å²) in [6, 6.07) is 8.68. The minimum Gasteiger partial charge on any atom is -0.353 e. The highest BCUT2D eigenvalue weighted by molar-refractivity contribution is 5.89. The molecule has 2 heterocycles. The lowest BCUT2D eigenvalue weighted by atomic mass is 9.90. The Bertz CT molecular complexity index is 882. The van der Waals surface area contributed by atoms with Crippen molar-refractivity contribution in [2.24, 2.45) is 7.05 Å². The molecule has 2 amide bonds. The molecule has 1 aliphatic carbocycles. The fourth-order valence-corrected chi connectivity index (χ4v) is 4.94. The number of aryl methyl sites for hydroxylation is 1. The van der Waals surface area contributed by atoms with Crippen LogP contribution in [0.25, 0.3) is 10.9 Å². The molecular weight excluding hydrogens is 364 g/mol. The molecule has 1 saturated carbocycles. The van der Waals surface area contributed by atoms with E-state index >= 15 is 0 Å². The van der Waals surface area contributed by atoms with E-state index in [9.17, 15) is 9.59 Å². The highest BCUT2D eigenvalue weighted by atomic mass is 16.2. The maximum atomic E-state index is 12.6. The van der Waals surface area contributed by atoms with Gasteiger partial charge < -0.3 is 15.2 Å². The molecule has 2 aromatic rings. The van der Waals surface area contributed by atoms with Crippen molar-refractivity contribution in [3.05, 3.63) is 36.0 Å². The van der Waals surface area contributed by atoms with Gasteiger partial charge in [0.05, 0.1) is 12.5 Å². The van der Waals surface area contributed by atoms with Crippen LogP contribution < -0.4 is 10.6 Å². The first-order valence-electron chi connectivity index (χ1n) is 10.8. The minimum absolute atomic E-state index is 0.0353. The summed E-state index contributed by atoms with van der Waals surface area (Å²) in [5, 5.41) is 7.59. The number of likely N-dealkylation sites (N-methyl/N-ethyl adjacent to an activating group) is 1. The average Bonchev–Trinajstić information content (AvgIpc) is 3.27. The van der Waals surface area contributed by atoms with Crippen molar-refractivity contribution in [1.29, 1.82) is 0 Å². The van der Waals surface area contributed by atoms with Crippen LogP contribution in [-0.2, 0) is 23.1 Å². The van der Waals surface area contributed by atoms with Crippen LogP contribution in [0.5, 0.6) is 0 Å². The van der Waals surface area contributed by atoms with Gasteiger partial charge in [-0.05, 0) is 63.7 Å². The fourth-order valence-electron chi connectivity index (χ4n) is 4.94. The van der Waals surface area contributed by atoms with Crippen molar-refractivity contribution in [3.63, 3.8) is 0 Å². The number of aromatic nitrogens is 1. The van der Waals surface area contributed by atoms with Gasteiger partial charge in [-0.2, -0.15) is 0 Å². The predicted molar refractivity (Wildman–Crippen MR) is 115 cm³/mol. The Balaban J connectivity index is 1.25. The van der Waals surface area contributed by atoms with E-state index in [2.05, 4.69) is 38.4 Å². The number of hydrogen-bond donors (Lipinski definition) is 2. The SMILES string of the molecule is CN1CCCC1C(=O)NC1CCC(NC(=O)Cc2cn(C)c3ccccc23)CC1. The molecule has 1 unspecified atom stereocenters. The van der Waals surface area contributed by atoms with Gasteiger partial charge in [-0.3, -0.25) is 14.5 Å². The Morgan fingerprint density at radius 2 is 1.69 bits per heavy atom. The van der Waals surface area contributed by atoms with Crippen molar-refractivity contribution >= 4 is 22.7 Å². The molecule has 0 bridgehead atoms. The average molecular weight is 397 g/mol. The zero-order chi connectivity index (χ0) is 20.4. The number of carbonyl (C=O) groups excluding carboxylic acids is 2. The van der Waals surface area contributed by atoms with Gasteiger partial charge in [0, 0.05) is 36.2 Å². The summed E-state index contributed by atoms with van der Waals surface area (Å²) in [6.07, 6.45) is 8.23. The summed E-state index contributed by atoms with van der Waals surface area (Å²) in [6.45, 7) is 1.01. The summed E-state index contributed by atoms with van der Waals surface area (Å²) in [5.41, 5.74) is 2.22. The Morgan fingerprint density at radius 1 is 1.00 bits per heavy atom. The number of fused-ring (bicyclic) bond motifs is 1. The van der Waals surface area contributed by atoms with E-state index in [1.165, 1.54) is 0 Å². The van der Waals surface area contributed by atoms with Crippen molar-refractivity contribution in [2.45, 2.75) is 63.1 Å². The topological polar surface area (TPSA) is 66.4 Å². The van der Waals surface area contributed by atoms with Gasteiger partial charge in [0.15, 0.2) is 0 Å². The molecule has 1 aromatic heterocycles. The van der Waals surface area contributed by atoms with E-state index in [0.717, 1.165) is 61.5 Å². The van der Waals surface area contributed by atoms with Crippen LogP contribution >= 0.6 is 0 Å². The van der Waals surface area contributed by atoms with Crippen LogP contribution in [0.15, 0.2) is 30.5 Å². The predicted octanol–water partition coefficient (Wildman–Crippen LogP) is 2.36. The van der Waals surface area contributed by atoms with Crippen LogP contribution in [0.2, 0.25) is 0 Å². The normalized spacial score (nSPS) is 25.2. The lowest BCUT2D eigenvalue weighted by molar-refractivity contribution is -0.126. The van der Waals surface area contributed by atoms with Crippen LogP contribution in [0, 0.1) is 0 Å². The monoisotopic (exact) mass is 396 g/mol. The number of hydrogen-bond acceptors (Lipinski definition) is 3. The van der Waals surface area contributed by atoms with Crippen LogP contribution in [0.3, 0.4) is 0 Å². The number of para-hydroxylation sites is 1. The number of amides is 2. The molecule has 0 radical (unpaired) electrons. The molecule has 2 N–H and O–H groups in total. The van der Waals surface area contributed by atoms with Crippen molar-refractivity contribution in [2.75, 3.05) is 13.6 Å². The summed E-state index contributed by atoms with van der Waals surface area (Å²) >= 11 is 0. The van der Waals surface area contributed by atoms with E-state index < -0.39 is 0 Å². The maximum Gasteiger partial charge on any atom is 0.237 e.